The van der Waals surface area contributed by atoms with Crippen LogP contribution in [0, 0.1) is 11.7 Å². The van der Waals surface area contributed by atoms with Crippen molar-refractivity contribution >= 4 is 17.7 Å². The fourth-order valence-corrected chi connectivity index (χ4v) is 3.77. The molecular weight excluding hydrogens is 289 g/mol. The number of hydrogen-bond acceptors (Lipinski definition) is 4. The Morgan fingerprint density at radius 3 is 2.95 bits per heavy atom. The number of fused-ring (bicyclic) bond motifs is 1. The number of carbonyl (C=O) groups is 1. The molecule has 3 unspecified atom stereocenters. The molecule has 1 saturated heterocycles. The van der Waals surface area contributed by atoms with E-state index in [-0.39, 0.29) is 17.8 Å². The Morgan fingerprint density at radius 1 is 1.33 bits per heavy atom. The molecule has 1 heterocycles. The van der Waals surface area contributed by atoms with Crippen molar-refractivity contribution in [3.63, 3.8) is 0 Å². The number of halogens is 1. The molecule has 1 aliphatic heterocycles. The van der Waals surface area contributed by atoms with Gasteiger partial charge in [0.15, 0.2) is 0 Å². The molecule has 114 valence electrons. The molecule has 0 spiro atoms. The molecule has 0 aromatic heterocycles. The van der Waals surface area contributed by atoms with Crippen molar-refractivity contribution in [3.8, 4) is 0 Å². The molecule has 1 aliphatic carbocycles. The lowest BCUT2D eigenvalue weighted by molar-refractivity contribution is -0.119. The Kier molecular flexibility index (Phi) is 4.77. The molecule has 3 N–H and O–H groups in total. The van der Waals surface area contributed by atoms with E-state index in [0.717, 1.165) is 30.7 Å². The summed E-state index contributed by atoms with van der Waals surface area (Å²) < 4.78 is 12.8. The molecule has 2 aliphatic rings. The third-order valence-corrected chi connectivity index (χ3v) is 5.21. The summed E-state index contributed by atoms with van der Waals surface area (Å²) in [6.45, 7) is 1.03. The summed E-state index contributed by atoms with van der Waals surface area (Å²) in [5.74, 6) is 0.880. The molecule has 2 fully saturated rings. The monoisotopic (exact) mass is 309 g/mol. The van der Waals surface area contributed by atoms with Gasteiger partial charge >= 0.3 is 0 Å². The van der Waals surface area contributed by atoms with Crippen LogP contribution in [-0.4, -0.2) is 30.3 Å². The number of nitrogens with one attached hydrogen (secondary N) is 3. The molecule has 0 radical (unpaired) electrons. The van der Waals surface area contributed by atoms with Crippen molar-refractivity contribution in [1.82, 2.24) is 16.2 Å². The largest absolute Gasteiger partial charge is 0.353 e. The minimum Gasteiger partial charge on any atom is -0.353 e. The fraction of sp³-hybridized carbons (Fsp3) is 0.533. The molecule has 6 heteroatoms. The molecule has 3 rings (SSSR count). The quantitative estimate of drug-likeness (QED) is 0.741. The van der Waals surface area contributed by atoms with Crippen LogP contribution in [0.15, 0.2) is 29.2 Å². The van der Waals surface area contributed by atoms with E-state index >= 15 is 0 Å². The van der Waals surface area contributed by atoms with Crippen LogP contribution in [0.1, 0.15) is 19.3 Å². The van der Waals surface area contributed by atoms with Gasteiger partial charge < -0.3 is 5.32 Å². The molecular formula is C15H20FN3OS. The number of thioether (sulfide) groups is 1. The van der Waals surface area contributed by atoms with Crippen molar-refractivity contribution in [2.24, 2.45) is 5.92 Å². The number of hydrazine groups is 1. The molecule has 21 heavy (non-hydrogen) atoms. The van der Waals surface area contributed by atoms with Crippen LogP contribution in [0.4, 0.5) is 4.39 Å². The molecule has 1 aromatic rings. The molecule has 1 amide bonds. The molecule has 4 nitrogen and oxygen atoms in total. The van der Waals surface area contributed by atoms with E-state index in [4.69, 9.17) is 0 Å². The highest BCUT2D eigenvalue weighted by molar-refractivity contribution is 8.00. The highest BCUT2D eigenvalue weighted by atomic mass is 32.2. The number of benzene rings is 1. The van der Waals surface area contributed by atoms with Crippen LogP contribution in [0.2, 0.25) is 0 Å². The second-order valence-corrected chi connectivity index (χ2v) is 6.76. The standard InChI is InChI=1S/C15H20FN3OS/c16-11-2-5-13(6-3-11)21-9-15(20)18-12-4-1-10-8-17-19-14(10)7-12/h2-3,5-6,10,12,14,17,19H,1,4,7-9H2,(H,18,20). The summed E-state index contributed by atoms with van der Waals surface area (Å²) in [6.07, 6.45) is 3.20. The van der Waals surface area contributed by atoms with Crippen LogP contribution >= 0.6 is 11.8 Å². The van der Waals surface area contributed by atoms with E-state index in [1.807, 2.05) is 0 Å². The van der Waals surface area contributed by atoms with Crippen molar-refractivity contribution in [3.05, 3.63) is 30.1 Å². The Labute approximate surface area is 128 Å². The van der Waals surface area contributed by atoms with Gasteiger partial charge in [-0.15, -0.1) is 11.8 Å². The first-order chi connectivity index (χ1) is 10.2. The van der Waals surface area contributed by atoms with Crippen molar-refractivity contribution < 1.29 is 9.18 Å². The predicted octanol–water partition coefficient (Wildman–Crippen LogP) is 1.68. The van der Waals surface area contributed by atoms with Crippen molar-refractivity contribution in [2.75, 3.05) is 12.3 Å². The first-order valence-corrected chi connectivity index (χ1v) is 8.35. The van der Waals surface area contributed by atoms with Gasteiger partial charge in [0.1, 0.15) is 5.82 Å². The van der Waals surface area contributed by atoms with Gasteiger partial charge in [-0.05, 0) is 49.4 Å². The average molecular weight is 309 g/mol. The van der Waals surface area contributed by atoms with Crippen LogP contribution < -0.4 is 16.2 Å². The van der Waals surface area contributed by atoms with E-state index in [1.54, 1.807) is 12.1 Å². The maximum atomic E-state index is 12.8. The summed E-state index contributed by atoms with van der Waals surface area (Å²) in [4.78, 5) is 12.9. The van der Waals surface area contributed by atoms with E-state index in [2.05, 4.69) is 16.2 Å². The third-order valence-electron chi connectivity index (χ3n) is 4.19. The van der Waals surface area contributed by atoms with Crippen molar-refractivity contribution in [1.29, 1.82) is 0 Å². The zero-order valence-electron chi connectivity index (χ0n) is 11.8. The SMILES string of the molecule is O=C(CSc1ccc(F)cc1)NC1CCC2CNNC2C1. The highest BCUT2D eigenvalue weighted by Crippen LogP contribution is 2.26. The average Bonchev–Trinajstić information content (AvgIpc) is 2.94. The topological polar surface area (TPSA) is 53.2 Å². The summed E-state index contributed by atoms with van der Waals surface area (Å²) in [7, 11) is 0. The molecule has 1 aromatic carbocycles. The zero-order chi connectivity index (χ0) is 14.7. The van der Waals surface area contributed by atoms with Gasteiger partial charge in [-0.1, -0.05) is 0 Å². The van der Waals surface area contributed by atoms with Crippen LogP contribution in [0.3, 0.4) is 0 Å². The number of carbonyl (C=O) groups excluding carboxylic acids is 1. The van der Waals surface area contributed by atoms with Gasteiger partial charge in [-0.3, -0.25) is 15.6 Å². The van der Waals surface area contributed by atoms with E-state index in [9.17, 15) is 9.18 Å². The smallest absolute Gasteiger partial charge is 0.230 e. The second-order valence-electron chi connectivity index (χ2n) is 5.71. The maximum absolute atomic E-state index is 12.8. The first-order valence-electron chi connectivity index (χ1n) is 7.37. The van der Waals surface area contributed by atoms with Crippen LogP contribution in [0.5, 0.6) is 0 Å². The van der Waals surface area contributed by atoms with Gasteiger partial charge in [0.25, 0.3) is 0 Å². The van der Waals surface area contributed by atoms with E-state index in [0.29, 0.717) is 17.7 Å². The Morgan fingerprint density at radius 2 is 2.14 bits per heavy atom. The lowest BCUT2D eigenvalue weighted by atomic mass is 9.83. The molecule has 0 bridgehead atoms. The Bertz CT molecular complexity index is 496. The summed E-state index contributed by atoms with van der Waals surface area (Å²) >= 11 is 1.44. The van der Waals surface area contributed by atoms with Gasteiger partial charge in [0.2, 0.25) is 5.91 Å². The van der Waals surface area contributed by atoms with Gasteiger partial charge in [-0.25, -0.2) is 4.39 Å². The van der Waals surface area contributed by atoms with Gasteiger partial charge in [0, 0.05) is 23.5 Å². The predicted molar refractivity (Wildman–Crippen MR) is 81.3 cm³/mol. The van der Waals surface area contributed by atoms with E-state index in [1.165, 1.54) is 23.9 Å². The maximum Gasteiger partial charge on any atom is 0.230 e. The van der Waals surface area contributed by atoms with Gasteiger partial charge in [0.05, 0.1) is 5.75 Å². The zero-order valence-corrected chi connectivity index (χ0v) is 12.6. The number of hydrogen-bond donors (Lipinski definition) is 3. The number of rotatable bonds is 4. The van der Waals surface area contributed by atoms with E-state index < -0.39 is 0 Å². The lowest BCUT2D eigenvalue weighted by Crippen LogP contribution is -2.45. The lowest BCUT2D eigenvalue weighted by Gasteiger charge is -2.31. The normalized spacial score (nSPS) is 28.1. The summed E-state index contributed by atoms with van der Waals surface area (Å²) in [5.41, 5.74) is 6.47. The van der Waals surface area contributed by atoms with Crippen molar-refractivity contribution in [2.45, 2.75) is 36.2 Å². The highest BCUT2D eigenvalue weighted by Gasteiger charge is 2.34. The summed E-state index contributed by atoms with van der Waals surface area (Å²) in [5, 5.41) is 3.11. The Balaban J connectivity index is 1.43. The second kappa shape index (κ2) is 6.77. The fourth-order valence-electron chi connectivity index (χ4n) is 3.06. The van der Waals surface area contributed by atoms with Gasteiger partial charge in [-0.2, -0.15) is 0 Å². The van der Waals surface area contributed by atoms with Crippen LogP contribution in [-0.2, 0) is 4.79 Å². The number of amides is 1. The van der Waals surface area contributed by atoms with Crippen LogP contribution in [0.25, 0.3) is 0 Å². The minimum absolute atomic E-state index is 0.0544. The summed E-state index contributed by atoms with van der Waals surface area (Å²) in [6, 6.07) is 6.98. The Hall–Kier alpha value is -1.11. The first kappa shape index (κ1) is 14.8. The molecule has 3 atom stereocenters. The third kappa shape index (κ3) is 3.96. The minimum atomic E-state index is -0.252. The molecule has 1 saturated carbocycles.